The second-order valence-electron chi connectivity index (χ2n) is 19.2. The zero-order valence-corrected chi connectivity index (χ0v) is 37.9. The van der Waals surface area contributed by atoms with E-state index in [1.54, 1.807) is 4.90 Å². The smallest absolute Gasteiger partial charge is 0.328 e. The van der Waals surface area contributed by atoms with Crippen LogP contribution in [0.1, 0.15) is 81.1 Å². The lowest BCUT2D eigenvalue weighted by Crippen LogP contribution is -2.52. The van der Waals surface area contributed by atoms with Gasteiger partial charge in [-0.2, -0.15) is 9.49 Å². The van der Waals surface area contributed by atoms with E-state index in [0.717, 1.165) is 104 Å². The molecule has 4 aliphatic heterocycles. The second kappa shape index (κ2) is 18.6. The molecule has 16 nitrogen and oxygen atoms in total. The molecule has 1 unspecified atom stereocenters. The molecule has 19 heteroatoms. The van der Waals surface area contributed by atoms with Crippen molar-refractivity contribution >= 4 is 40.6 Å². The minimum absolute atomic E-state index is 0.0678. The first kappa shape index (κ1) is 45.4. The maximum Gasteiger partial charge on any atom is 0.328 e. The van der Waals surface area contributed by atoms with Gasteiger partial charge in [-0.05, 0) is 81.1 Å². The van der Waals surface area contributed by atoms with Crippen molar-refractivity contribution < 1.29 is 42.2 Å². The number of hydrogen-bond acceptors (Lipinski definition) is 11. The van der Waals surface area contributed by atoms with Gasteiger partial charge in [-0.15, -0.1) is 0 Å². The van der Waals surface area contributed by atoms with E-state index in [9.17, 15) is 37.5 Å². The Hall–Kier alpha value is -6.34. The number of anilines is 1. The maximum absolute atomic E-state index is 14.2. The number of imide groups is 1. The highest BCUT2D eigenvalue weighted by molar-refractivity contribution is 5.97. The molecule has 6 heterocycles. The van der Waals surface area contributed by atoms with Crippen molar-refractivity contribution in [2.24, 2.45) is 11.8 Å². The lowest BCUT2D eigenvalue weighted by molar-refractivity contribution is -0.139. The van der Waals surface area contributed by atoms with Crippen LogP contribution in [-0.4, -0.2) is 134 Å². The number of aromatic nitrogens is 4. The number of phenolic OH excluding ortho intramolecular Hbond substituents is 1. The van der Waals surface area contributed by atoms with Gasteiger partial charge in [0.15, 0.2) is 17.4 Å². The molecular formula is C49H55F3N10O6. The van der Waals surface area contributed by atoms with E-state index >= 15 is 0 Å². The Morgan fingerprint density at radius 3 is 2.41 bits per heavy atom. The van der Waals surface area contributed by atoms with Gasteiger partial charge >= 0.3 is 6.03 Å². The largest absolute Gasteiger partial charge is 0.503 e. The molecule has 5 amide bonds. The number of amides is 5. The highest BCUT2D eigenvalue weighted by atomic mass is 19.2. The number of phenols is 1. The Morgan fingerprint density at radius 1 is 0.926 bits per heavy atom. The molecule has 3 N–H and O–H groups in total. The summed E-state index contributed by atoms with van der Waals surface area (Å²) in [5, 5.41) is 20.2. The summed E-state index contributed by atoms with van der Waals surface area (Å²) in [6.45, 7) is 7.77. The van der Waals surface area contributed by atoms with Gasteiger partial charge in [0, 0.05) is 106 Å². The predicted octanol–water partition coefficient (Wildman–Crippen LogP) is 5.84. The van der Waals surface area contributed by atoms with Crippen molar-refractivity contribution in [1.82, 2.24) is 45.1 Å². The molecule has 4 aromatic rings. The number of piperidine rings is 1. The number of ether oxygens (including phenoxy) is 1. The molecule has 5 fully saturated rings. The number of nitrogens with one attached hydrogen (secondary N) is 2. The molecule has 2 aliphatic carbocycles. The summed E-state index contributed by atoms with van der Waals surface area (Å²) in [7, 11) is 0. The summed E-state index contributed by atoms with van der Waals surface area (Å²) in [6.07, 6.45) is 16.0. The third-order valence-electron chi connectivity index (χ3n) is 15.1. The summed E-state index contributed by atoms with van der Waals surface area (Å²) < 4.78 is 50.3. The Kier molecular flexibility index (Phi) is 12.4. The SMILES string of the molecule is CC1=C(N2CCC(=O)NC2=O)CC(C(=O)N2CCC3(CC2)C[C@H](N2CCN(c4ncc(-c5ccc6cn([C@H]7CC[C@H](CNC(=O)c8cc(F)c(O)c(F)c8F)CC7)nc6c5)cn4)CC2)CO3)C=C1. The zero-order chi connectivity index (χ0) is 47.3. The number of carbonyl (C=O) groups excluding carboxylic acids is 4. The second-order valence-corrected chi connectivity index (χ2v) is 19.2. The van der Waals surface area contributed by atoms with Crippen molar-refractivity contribution in [3.8, 4) is 16.9 Å². The number of carbonyl (C=O) groups is 4. The molecule has 2 aromatic carbocycles. The highest BCUT2D eigenvalue weighted by Gasteiger charge is 2.46. The van der Waals surface area contributed by atoms with Gasteiger partial charge < -0.3 is 25.0 Å². The topological polar surface area (TPSA) is 178 Å². The molecular weight excluding hydrogens is 882 g/mol. The molecule has 0 bridgehead atoms. The first-order chi connectivity index (χ1) is 32.8. The first-order valence-electron chi connectivity index (χ1n) is 23.7. The molecule has 68 heavy (non-hydrogen) atoms. The summed E-state index contributed by atoms with van der Waals surface area (Å²) in [5.41, 5.74) is 3.42. The van der Waals surface area contributed by atoms with Crippen LogP contribution in [0.5, 0.6) is 5.75 Å². The number of fused-ring (bicyclic) bond motifs is 1. The van der Waals surface area contributed by atoms with Crippen LogP contribution in [0.2, 0.25) is 0 Å². The van der Waals surface area contributed by atoms with Crippen LogP contribution in [0.4, 0.5) is 23.9 Å². The lowest BCUT2D eigenvalue weighted by Gasteiger charge is -2.41. The Bertz CT molecular complexity index is 2690. The molecule has 4 saturated heterocycles. The van der Waals surface area contributed by atoms with Crippen molar-refractivity contribution in [2.75, 3.05) is 63.9 Å². The van der Waals surface area contributed by atoms with E-state index in [0.29, 0.717) is 50.7 Å². The molecule has 2 aromatic heterocycles. The van der Waals surface area contributed by atoms with Gasteiger partial charge in [-0.3, -0.25) is 34.2 Å². The molecule has 1 saturated carbocycles. The number of piperazine rings is 1. The lowest BCUT2D eigenvalue weighted by atomic mass is 9.85. The maximum atomic E-state index is 14.2. The normalized spacial score (nSPS) is 24.6. The van der Waals surface area contributed by atoms with Crippen molar-refractivity contribution in [3.63, 3.8) is 0 Å². The van der Waals surface area contributed by atoms with Crippen LogP contribution in [0, 0.1) is 29.3 Å². The number of nitrogens with zero attached hydrogens (tertiary/aromatic N) is 8. The Morgan fingerprint density at radius 2 is 1.68 bits per heavy atom. The van der Waals surface area contributed by atoms with Crippen molar-refractivity contribution in [1.29, 1.82) is 0 Å². The number of aromatic hydroxyl groups is 1. The van der Waals surface area contributed by atoms with Gasteiger partial charge in [0.2, 0.25) is 23.6 Å². The molecule has 0 radical (unpaired) electrons. The predicted molar refractivity (Wildman–Crippen MR) is 244 cm³/mol. The number of likely N-dealkylation sites (tertiary alicyclic amines) is 1. The van der Waals surface area contributed by atoms with Gasteiger partial charge in [0.1, 0.15) is 0 Å². The summed E-state index contributed by atoms with van der Waals surface area (Å²) in [6, 6.07) is 6.68. The van der Waals surface area contributed by atoms with Gasteiger partial charge in [-0.25, -0.2) is 23.5 Å². The molecule has 6 aliphatic rings. The van der Waals surface area contributed by atoms with E-state index < -0.39 is 40.7 Å². The minimum atomic E-state index is -1.79. The van der Waals surface area contributed by atoms with Crippen molar-refractivity contribution in [3.05, 3.63) is 89.3 Å². The van der Waals surface area contributed by atoms with Crippen LogP contribution in [0.15, 0.2) is 66.3 Å². The molecule has 2 atom stereocenters. The fourth-order valence-electron chi connectivity index (χ4n) is 10.9. The van der Waals surface area contributed by atoms with Crippen LogP contribution >= 0.6 is 0 Å². The third-order valence-corrected chi connectivity index (χ3v) is 15.1. The number of halogens is 3. The van der Waals surface area contributed by atoms with Gasteiger partial charge in [0.25, 0.3) is 5.91 Å². The monoisotopic (exact) mass is 936 g/mol. The number of urea groups is 1. The van der Waals surface area contributed by atoms with Crippen molar-refractivity contribution in [2.45, 2.75) is 82.4 Å². The van der Waals surface area contributed by atoms with Gasteiger partial charge in [-0.1, -0.05) is 24.3 Å². The van der Waals surface area contributed by atoms with Crippen LogP contribution in [0.3, 0.4) is 0 Å². The quantitative estimate of drug-likeness (QED) is 0.172. The van der Waals surface area contributed by atoms with E-state index in [2.05, 4.69) is 20.4 Å². The summed E-state index contributed by atoms with van der Waals surface area (Å²) >= 11 is 0. The minimum Gasteiger partial charge on any atom is -0.503 e. The fraction of sp³-hybridized carbons (Fsp3) is 0.490. The standard InChI is InChI=1S/C49H55F3N10O6/c1-29-2-5-32(21-40(29)61-13-10-41(63)56-48(61)67)46(66)59-14-11-49(12-15-59)23-36(28-68-49)58-16-18-60(19-17-58)47-54-25-34(26-55-47)31-6-7-33-27-62(57-39(33)20-31)35-8-3-30(4-9-35)24-53-45(65)37-22-38(50)44(64)43(52)42(37)51/h2,5-7,20,22,25-27,30,32,35-36,64H,3-4,8-19,21,23-24,28H2,1H3,(H,53,65)(H,56,63,67)/t30-,32?,35-,36-/m0/s1. The zero-order valence-electron chi connectivity index (χ0n) is 37.9. The summed E-state index contributed by atoms with van der Waals surface area (Å²) in [5.74, 6) is -6.91. The Labute approximate surface area is 391 Å². The average molecular weight is 937 g/mol. The fourth-order valence-corrected chi connectivity index (χ4v) is 10.9. The molecule has 1 spiro atoms. The number of hydrogen-bond donors (Lipinski definition) is 3. The van der Waals surface area contributed by atoms with E-state index in [-0.39, 0.29) is 48.3 Å². The molecule has 358 valence electrons. The van der Waals surface area contributed by atoms with Crippen LogP contribution in [-0.2, 0) is 14.3 Å². The number of allylic oxidation sites excluding steroid dienone is 3. The van der Waals surface area contributed by atoms with Crippen LogP contribution in [0.25, 0.3) is 22.0 Å². The number of benzene rings is 2. The van der Waals surface area contributed by atoms with Gasteiger partial charge in [0.05, 0.1) is 35.2 Å². The molecule has 10 rings (SSSR count). The van der Waals surface area contributed by atoms with E-state index in [1.807, 2.05) is 65.4 Å². The summed E-state index contributed by atoms with van der Waals surface area (Å²) in [4.78, 5) is 68.4. The first-order valence-corrected chi connectivity index (χ1v) is 23.7. The number of rotatable bonds is 9. The van der Waals surface area contributed by atoms with Crippen LogP contribution < -0.4 is 15.5 Å². The highest BCUT2D eigenvalue weighted by Crippen LogP contribution is 2.40. The van der Waals surface area contributed by atoms with E-state index in [1.165, 1.54) is 0 Å². The third kappa shape index (κ3) is 9.04. The van der Waals surface area contributed by atoms with E-state index in [4.69, 9.17) is 19.8 Å². The Balaban J connectivity index is 0.669. The average Bonchev–Trinajstić information content (AvgIpc) is 3.99.